The number of hydrogen-bond acceptors (Lipinski definition) is 3. The van der Waals surface area contributed by atoms with Gasteiger partial charge in [-0.3, -0.25) is 4.79 Å². The Hall–Kier alpha value is -1.45. The molecular weight excluding hydrogens is 202 g/mol. The molecule has 1 amide bonds. The van der Waals surface area contributed by atoms with Gasteiger partial charge in [0.1, 0.15) is 6.33 Å². The second-order valence-electron chi connectivity index (χ2n) is 5.29. The van der Waals surface area contributed by atoms with Crippen LogP contribution in [-0.4, -0.2) is 33.9 Å². The molecule has 0 bridgehead atoms. The van der Waals surface area contributed by atoms with Gasteiger partial charge in [-0.25, -0.2) is 9.97 Å². The molecule has 86 valence electrons. The lowest BCUT2D eigenvalue weighted by Crippen LogP contribution is -2.52. The molecule has 4 nitrogen and oxygen atoms in total. The van der Waals surface area contributed by atoms with Crippen LogP contribution >= 0.6 is 0 Å². The fourth-order valence-electron chi connectivity index (χ4n) is 1.85. The molecule has 0 aromatic carbocycles. The van der Waals surface area contributed by atoms with Gasteiger partial charge in [-0.15, -0.1) is 0 Å². The van der Waals surface area contributed by atoms with E-state index in [1.54, 1.807) is 12.5 Å². The fourth-order valence-corrected chi connectivity index (χ4v) is 1.85. The Morgan fingerprint density at radius 2 is 2.12 bits per heavy atom. The summed E-state index contributed by atoms with van der Waals surface area (Å²) in [4.78, 5) is 21.9. The first-order valence-electron chi connectivity index (χ1n) is 5.54. The molecule has 2 rings (SSSR count). The van der Waals surface area contributed by atoms with E-state index >= 15 is 0 Å². The topological polar surface area (TPSA) is 46.1 Å². The molecule has 1 aromatic rings. The normalized spacial score (nSPS) is 17.1. The maximum absolute atomic E-state index is 11.9. The average Bonchev–Trinajstić information content (AvgIpc) is 2.15. The van der Waals surface area contributed by atoms with Gasteiger partial charge >= 0.3 is 0 Å². The van der Waals surface area contributed by atoms with Crippen LogP contribution in [-0.2, 0) is 4.79 Å². The number of rotatable bonds is 1. The summed E-state index contributed by atoms with van der Waals surface area (Å²) in [5, 5.41) is 0. The molecule has 1 fully saturated rings. The smallest absolute Gasteiger partial charge is 0.227 e. The largest absolute Gasteiger partial charge is 0.341 e. The van der Waals surface area contributed by atoms with Gasteiger partial charge in [0, 0.05) is 30.6 Å². The zero-order valence-electron chi connectivity index (χ0n) is 9.97. The van der Waals surface area contributed by atoms with Gasteiger partial charge in [0.15, 0.2) is 0 Å². The Balaban J connectivity index is 1.94. The first kappa shape index (κ1) is 11.0. The summed E-state index contributed by atoms with van der Waals surface area (Å²) >= 11 is 0. The van der Waals surface area contributed by atoms with Crippen LogP contribution in [0.1, 0.15) is 32.4 Å². The molecule has 0 aliphatic carbocycles. The molecule has 4 heteroatoms. The first-order valence-corrected chi connectivity index (χ1v) is 5.54. The van der Waals surface area contributed by atoms with Crippen LogP contribution in [0.25, 0.3) is 0 Å². The maximum atomic E-state index is 11.9. The van der Waals surface area contributed by atoms with Gasteiger partial charge in [-0.05, 0) is 6.07 Å². The quantitative estimate of drug-likeness (QED) is 0.718. The lowest BCUT2D eigenvalue weighted by molar-refractivity contribution is -0.144. The summed E-state index contributed by atoms with van der Waals surface area (Å²) < 4.78 is 0. The predicted molar refractivity (Wildman–Crippen MR) is 60.8 cm³/mol. The number of aromatic nitrogens is 2. The predicted octanol–water partition coefficient (Wildman–Crippen LogP) is 1.45. The lowest BCUT2D eigenvalue weighted by Gasteiger charge is -2.42. The third-order valence-electron chi connectivity index (χ3n) is 2.83. The van der Waals surface area contributed by atoms with Crippen molar-refractivity contribution in [2.24, 2.45) is 5.41 Å². The van der Waals surface area contributed by atoms with Crippen molar-refractivity contribution in [3.8, 4) is 0 Å². The SMILES string of the molecule is CC(C)(C)C(=O)N1CC(c2ccncn2)C1. The number of carbonyl (C=O) groups is 1. The number of hydrogen-bond donors (Lipinski definition) is 0. The van der Waals surface area contributed by atoms with Crippen LogP contribution in [0.2, 0.25) is 0 Å². The summed E-state index contributed by atoms with van der Waals surface area (Å²) in [6, 6.07) is 1.92. The van der Waals surface area contributed by atoms with E-state index in [2.05, 4.69) is 9.97 Å². The van der Waals surface area contributed by atoms with Crippen molar-refractivity contribution in [3.63, 3.8) is 0 Å². The average molecular weight is 219 g/mol. The molecule has 1 aliphatic rings. The van der Waals surface area contributed by atoms with Gasteiger partial charge in [-0.2, -0.15) is 0 Å². The van der Waals surface area contributed by atoms with Crippen molar-refractivity contribution in [1.29, 1.82) is 0 Å². The standard InChI is InChI=1S/C12H17N3O/c1-12(2,3)11(16)15-6-9(7-15)10-4-5-13-8-14-10/h4-5,8-9H,6-7H2,1-3H3. The van der Waals surface area contributed by atoms with E-state index in [1.165, 1.54) is 0 Å². The first-order chi connectivity index (χ1) is 7.48. The van der Waals surface area contributed by atoms with E-state index in [9.17, 15) is 4.79 Å². The van der Waals surface area contributed by atoms with Crippen molar-refractivity contribution in [3.05, 3.63) is 24.3 Å². The summed E-state index contributed by atoms with van der Waals surface area (Å²) in [5.41, 5.74) is 0.754. The molecule has 0 saturated carbocycles. The van der Waals surface area contributed by atoms with E-state index in [4.69, 9.17) is 0 Å². The molecule has 1 aliphatic heterocycles. The van der Waals surface area contributed by atoms with Crippen molar-refractivity contribution in [1.82, 2.24) is 14.9 Å². The highest BCUT2D eigenvalue weighted by molar-refractivity contribution is 5.82. The van der Waals surface area contributed by atoms with Gasteiger partial charge in [0.25, 0.3) is 0 Å². The van der Waals surface area contributed by atoms with Gasteiger partial charge in [0.2, 0.25) is 5.91 Å². The monoisotopic (exact) mass is 219 g/mol. The van der Waals surface area contributed by atoms with Crippen LogP contribution in [0, 0.1) is 5.41 Å². The van der Waals surface area contributed by atoms with Gasteiger partial charge in [-0.1, -0.05) is 20.8 Å². The van der Waals surface area contributed by atoms with Crippen LogP contribution in [0.3, 0.4) is 0 Å². The Labute approximate surface area is 95.7 Å². The third kappa shape index (κ3) is 2.05. The minimum absolute atomic E-state index is 0.220. The number of nitrogens with zero attached hydrogens (tertiary/aromatic N) is 3. The van der Waals surface area contributed by atoms with Crippen LogP contribution in [0.5, 0.6) is 0 Å². The van der Waals surface area contributed by atoms with Gasteiger partial charge < -0.3 is 4.90 Å². The highest BCUT2D eigenvalue weighted by atomic mass is 16.2. The van der Waals surface area contributed by atoms with E-state index in [-0.39, 0.29) is 11.3 Å². The summed E-state index contributed by atoms with van der Waals surface area (Å²) in [7, 11) is 0. The molecule has 0 atom stereocenters. The molecule has 2 heterocycles. The zero-order chi connectivity index (χ0) is 11.8. The third-order valence-corrected chi connectivity index (χ3v) is 2.83. The maximum Gasteiger partial charge on any atom is 0.227 e. The molecule has 0 N–H and O–H groups in total. The van der Waals surface area contributed by atoms with Crippen molar-refractivity contribution >= 4 is 5.91 Å². The Kier molecular flexibility index (Phi) is 2.66. The van der Waals surface area contributed by atoms with Crippen molar-refractivity contribution in [2.75, 3.05) is 13.1 Å². The minimum Gasteiger partial charge on any atom is -0.341 e. The van der Waals surface area contributed by atoms with Gasteiger partial charge in [0.05, 0.1) is 5.69 Å². The Bertz CT molecular complexity index is 377. The fraction of sp³-hybridized carbons (Fsp3) is 0.583. The second kappa shape index (κ2) is 3.85. The highest BCUT2D eigenvalue weighted by Gasteiger charge is 2.37. The second-order valence-corrected chi connectivity index (χ2v) is 5.29. The number of amides is 1. The lowest BCUT2D eigenvalue weighted by atomic mass is 9.89. The summed E-state index contributed by atoms with van der Waals surface area (Å²) in [6.07, 6.45) is 3.31. The Morgan fingerprint density at radius 1 is 1.44 bits per heavy atom. The molecule has 1 saturated heterocycles. The van der Waals surface area contributed by atoms with Crippen molar-refractivity contribution in [2.45, 2.75) is 26.7 Å². The number of likely N-dealkylation sites (tertiary alicyclic amines) is 1. The Morgan fingerprint density at radius 3 is 2.62 bits per heavy atom. The number of carbonyl (C=O) groups excluding carboxylic acids is 1. The van der Waals surface area contributed by atoms with E-state index < -0.39 is 0 Å². The van der Waals surface area contributed by atoms with Crippen LogP contribution < -0.4 is 0 Å². The van der Waals surface area contributed by atoms with E-state index in [1.807, 2.05) is 31.7 Å². The highest BCUT2D eigenvalue weighted by Crippen LogP contribution is 2.29. The molecule has 0 radical (unpaired) electrons. The molecule has 1 aromatic heterocycles. The molecule has 0 spiro atoms. The van der Waals surface area contributed by atoms with Crippen LogP contribution in [0.15, 0.2) is 18.6 Å². The van der Waals surface area contributed by atoms with E-state index in [0.29, 0.717) is 5.92 Å². The molecular formula is C12H17N3O. The summed E-state index contributed by atoms with van der Waals surface area (Å²) in [6.45, 7) is 7.42. The molecule has 16 heavy (non-hydrogen) atoms. The minimum atomic E-state index is -0.281. The zero-order valence-corrected chi connectivity index (χ0v) is 9.97. The van der Waals surface area contributed by atoms with Crippen LogP contribution in [0.4, 0.5) is 0 Å². The van der Waals surface area contributed by atoms with Crippen molar-refractivity contribution < 1.29 is 4.79 Å². The van der Waals surface area contributed by atoms with E-state index in [0.717, 1.165) is 18.8 Å². The summed E-state index contributed by atoms with van der Waals surface area (Å²) in [5.74, 6) is 0.604. The molecule has 0 unspecified atom stereocenters.